The molecule has 1 aliphatic heterocycles. The number of fused-ring (bicyclic) bond motifs is 1. The molecule has 2 N–H and O–H groups in total. The second-order valence-electron chi connectivity index (χ2n) is 4.71. The molecule has 1 aromatic carbocycles. The minimum absolute atomic E-state index is 0.620. The summed E-state index contributed by atoms with van der Waals surface area (Å²) < 4.78 is 0. The molecule has 0 radical (unpaired) electrons. The summed E-state index contributed by atoms with van der Waals surface area (Å²) in [6.07, 6.45) is 1.21. The van der Waals surface area contributed by atoms with E-state index in [1.807, 2.05) is 0 Å². The first-order chi connectivity index (χ1) is 7.22. The van der Waals surface area contributed by atoms with Gasteiger partial charge in [-0.1, -0.05) is 25.1 Å². The van der Waals surface area contributed by atoms with Crippen LogP contribution in [0.2, 0.25) is 0 Å². The molecule has 0 amide bonds. The number of nitrogens with two attached hydrogens (primary N) is 1. The molecule has 2 nitrogen and oxygen atoms in total. The molecule has 2 unspecified atom stereocenters. The van der Waals surface area contributed by atoms with Crippen molar-refractivity contribution in [2.75, 3.05) is 25.0 Å². The van der Waals surface area contributed by atoms with Crippen molar-refractivity contribution in [3.05, 3.63) is 29.8 Å². The maximum Gasteiger partial charge on any atom is 0.0399 e. The van der Waals surface area contributed by atoms with Gasteiger partial charge in [0, 0.05) is 25.2 Å². The van der Waals surface area contributed by atoms with E-state index >= 15 is 0 Å². The number of hydrogen-bond donors (Lipinski definition) is 1. The lowest BCUT2D eigenvalue weighted by molar-refractivity contribution is 0.487. The van der Waals surface area contributed by atoms with Crippen LogP contribution in [-0.2, 0) is 0 Å². The SMILES string of the molecule is CC(CN)CC1CN(C)c2ccccc21. The largest absolute Gasteiger partial charge is 0.374 e. The Morgan fingerprint density at radius 3 is 2.93 bits per heavy atom. The molecule has 2 atom stereocenters. The highest BCUT2D eigenvalue weighted by atomic mass is 15.1. The zero-order valence-electron chi connectivity index (χ0n) is 9.61. The molecule has 1 aliphatic rings. The van der Waals surface area contributed by atoms with E-state index in [1.54, 1.807) is 0 Å². The van der Waals surface area contributed by atoms with Crippen LogP contribution in [0.1, 0.15) is 24.8 Å². The zero-order valence-corrected chi connectivity index (χ0v) is 9.61. The summed E-state index contributed by atoms with van der Waals surface area (Å²) in [7, 11) is 2.17. The molecular formula is C13H20N2. The highest BCUT2D eigenvalue weighted by Crippen LogP contribution is 2.38. The van der Waals surface area contributed by atoms with Crippen LogP contribution in [0, 0.1) is 5.92 Å². The summed E-state index contributed by atoms with van der Waals surface area (Å²) in [5.74, 6) is 1.29. The van der Waals surface area contributed by atoms with E-state index in [0.29, 0.717) is 11.8 Å². The summed E-state index contributed by atoms with van der Waals surface area (Å²) in [5, 5.41) is 0. The van der Waals surface area contributed by atoms with Gasteiger partial charge in [-0.25, -0.2) is 0 Å². The van der Waals surface area contributed by atoms with E-state index < -0.39 is 0 Å². The Kier molecular flexibility index (Phi) is 2.96. The van der Waals surface area contributed by atoms with Gasteiger partial charge in [-0.15, -0.1) is 0 Å². The van der Waals surface area contributed by atoms with Gasteiger partial charge in [0.15, 0.2) is 0 Å². The second-order valence-corrected chi connectivity index (χ2v) is 4.71. The molecule has 1 heterocycles. The van der Waals surface area contributed by atoms with Gasteiger partial charge in [0.25, 0.3) is 0 Å². The average Bonchev–Trinajstić information content (AvgIpc) is 2.57. The normalized spacial score (nSPS) is 21.5. The van der Waals surface area contributed by atoms with E-state index in [9.17, 15) is 0 Å². The smallest absolute Gasteiger partial charge is 0.0399 e. The van der Waals surface area contributed by atoms with Gasteiger partial charge >= 0.3 is 0 Å². The number of hydrogen-bond acceptors (Lipinski definition) is 2. The molecular weight excluding hydrogens is 184 g/mol. The molecule has 0 aliphatic carbocycles. The molecule has 2 heteroatoms. The number of rotatable bonds is 3. The lowest BCUT2D eigenvalue weighted by atomic mass is 9.91. The van der Waals surface area contributed by atoms with E-state index in [-0.39, 0.29) is 0 Å². The third-order valence-electron chi connectivity index (χ3n) is 3.37. The van der Waals surface area contributed by atoms with Crippen LogP contribution in [-0.4, -0.2) is 20.1 Å². The van der Waals surface area contributed by atoms with Crippen LogP contribution in [0.3, 0.4) is 0 Å². The summed E-state index contributed by atoms with van der Waals surface area (Å²) in [6.45, 7) is 4.17. The first kappa shape index (κ1) is 10.5. The quantitative estimate of drug-likeness (QED) is 0.818. The van der Waals surface area contributed by atoms with Crippen LogP contribution in [0.25, 0.3) is 0 Å². The van der Waals surface area contributed by atoms with Crippen molar-refractivity contribution >= 4 is 5.69 Å². The van der Waals surface area contributed by atoms with Gasteiger partial charge in [0.2, 0.25) is 0 Å². The Morgan fingerprint density at radius 2 is 2.20 bits per heavy atom. The Balaban J connectivity index is 2.17. The van der Waals surface area contributed by atoms with Crippen LogP contribution in [0.5, 0.6) is 0 Å². The Morgan fingerprint density at radius 1 is 1.47 bits per heavy atom. The van der Waals surface area contributed by atoms with Crippen molar-refractivity contribution in [1.82, 2.24) is 0 Å². The summed E-state index contributed by atoms with van der Waals surface area (Å²) in [6, 6.07) is 8.72. The van der Waals surface area contributed by atoms with E-state index in [4.69, 9.17) is 5.73 Å². The maximum absolute atomic E-state index is 5.69. The first-order valence-electron chi connectivity index (χ1n) is 5.72. The highest BCUT2D eigenvalue weighted by molar-refractivity contribution is 5.59. The fourth-order valence-corrected chi connectivity index (χ4v) is 2.49. The van der Waals surface area contributed by atoms with E-state index in [0.717, 1.165) is 13.1 Å². The summed E-state index contributed by atoms with van der Waals surface area (Å²) in [4.78, 5) is 2.35. The van der Waals surface area contributed by atoms with Crippen molar-refractivity contribution in [3.8, 4) is 0 Å². The highest BCUT2D eigenvalue weighted by Gasteiger charge is 2.26. The average molecular weight is 204 g/mol. The van der Waals surface area contributed by atoms with Crippen LogP contribution in [0.15, 0.2) is 24.3 Å². The van der Waals surface area contributed by atoms with Gasteiger partial charge in [0.1, 0.15) is 0 Å². The maximum atomic E-state index is 5.69. The molecule has 1 aromatic rings. The number of para-hydroxylation sites is 1. The molecule has 0 bridgehead atoms. The van der Waals surface area contributed by atoms with E-state index in [2.05, 4.69) is 43.1 Å². The Labute approximate surface area is 92.1 Å². The predicted molar refractivity (Wildman–Crippen MR) is 65.3 cm³/mol. The van der Waals surface area contributed by atoms with Crippen LogP contribution < -0.4 is 10.6 Å². The van der Waals surface area contributed by atoms with Crippen LogP contribution in [0.4, 0.5) is 5.69 Å². The van der Waals surface area contributed by atoms with Gasteiger partial charge in [-0.05, 0) is 30.5 Å². The second kappa shape index (κ2) is 4.23. The summed E-state index contributed by atoms with van der Waals surface area (Å²) in [5.41, 5.74) is 8.59. The Bertz CT molecular complexity index is 335. The van der Waals surface area contributed by atoms with Gasteiger partial charge in [-0.3, -0.25) is 0 Å². The number of benzene rings is 1. The molecule has 0 saturated heterocycles. The minimum atomic E-state index is 0.620. The van der Waals surface area contributed by atoms with Crippen LogP contribution >= 0.6 is 0 Å². The number of likely N-dealkylation sites (N-methyl/N-ethyl adjacent to an activating group) is 1. The fourth-order valence-electron chi connectivity index (χ4n) is 2.49. The monoisotopic (exact) mass is 204 g/mol. The Hall–Kier alpha value is -1.02. The van der Waals surface area contributed by atoms with Gasteiger partial charge in [-0.2, -0.15) is 0 Å². The zero-order chi connectivity index (χ0) is 10.8. The van der Waals surface area contributed by atoms with Crippen molar-refractivity contribution in [3.63, 3.8) is 0 Å². The summed E-state index contributed by atoms with van der Waals surface area (Å²) >= 11 is 0. The molecule has 15 heavy (non-hydrogen) atoms. The minimum Gasteiger partial charge on any atom is -0.374 e. The third kappa shape index (κ3) is 2.00. The lowest BCUT2D eigenvalue weighted by Crippen LogP contribution is -2.19. The number of nitrogens with zero attached hydrogens (tertiary/aromatic N) is 1. The fraction of sp³-hybridized carbons (Fsp3) is 0.538. The third-order valence-corrected chi connectivity index (χ3v) is 3.37. The van der Waals surface area contributed by atoms with Crippen molar-refractivity contribution in [2.24, 2.45) is 11.7 Å². The van der Waals surface area contributed by atoms with Crippen molar-refractivity contribution < 1.29 is 0 Å². The van der Waals surface area contributed by atoms with Crippen molar-refractivity contribution in [1.29, 1.82) is 0 Å². The van der Waals surface area contributed by atoms with Gasteiger partial charge in [0.05, 0.1) is 0 Å². The van der Waals surface area contributed by atoms with Crippen molar-refractivity contribution in [2.45, 2.75) is 19.3 Å². The molecule has 0 aromatic heterocycles. The van der Waals surface area contributed by atoms with Gasteiger partial charge < -0.3 is 10.6 Å². The molecule has 0 fully saturated rings. The van der Waals surface area contributed by atoms with E-state index in [1.165, 1.54) is 17.7 Å². The molecule has 2 rings (SSSR count). The molecule has 0 spiro atoms. The molecule has 82 valence electrons. The molecule has 0 saturated carbocycles. The topological polar surface area (TPSA) is 29.3 Å². The first-order valence-corrected chi connectivity index (χ1v) is 5.72. The lowest BCUT2D eigenvalue weighted by Gasteiger charge is -2.16. The predicted octanol–water partition coefficient (Wildman–Crippen LogP) is 2.20. The number of anilines is 1. The standard InChI is InChI=1S/C13H20N2/c1-10(8-14)7-11-9-15(2)13-6-4-3-5-12(11)13/h3-6,10-11H,7-9,14H2,1-2H3.